The van der Waals surface area contributed by atoms with Crippen LogP contribution in [0.3, 0.4) is 0 Å². The summed E-state index contributed by atoms with van der Waals surface area (Å²) < 4.78 is 34.2. The van der Waals surface area contributed by atoms with Crippen molar-refractivity contribution in [1.29, 1.82) is 0 Å². The van der Waals surface area contributed by atoms with Crippen molar-refractivity contribution in [2.45, 2.75) is 264 Å². The molecule has 0 N–H and O–H groups in total. The minimum atomic E-state index is -4.65. The van der Waals surface area contributed by atoms with Crippen molar-refractivity contribution < 1.29 is 42.1 Å². The van der Waals surface area contributed by atoms with Gasteiger partial charge in [-0.3, -0.25) is 14.2 Å². The van der Waals surface area contributed by atoms with E-state index in [-0.39, 0.29) is 26.1 Å². The molecule has 10 heteroatoms. The number of phosphoric acid groups is 1. The van der Waals surface area contributed by atoms with Crippen LogP contribution in [0.4, 0.5) is 0 Å². The molecule has 0 aliphatic rings. The first-order chi connectivity index (χ1) is 41.0. The lowest BCUT2D eigenvalue weighted by atomic mass is 10.0. The molecule has 0 bridgehead atoms. The predicted octanol–water partition coefficient (Wildman–Crippen LogP) is 21.2. The van der Waals surface area contributed by atoms with Crippen molar-refractivity contribution in [2.24, 2.45) is 0 Å². The van der Waals surface area contributed by atoms with E-state index < -0.39 is 32.5 Å². The zero-order chi connectivity index (χ0) is 61.2. The standard InChI is InChI=1S/C74H124NO8P/c1-6-8-10-12-14-16-18-20-22-24-26-27-28-29-30-31-32-33-34-35-36-37-38-39-40-41-42-43-44-45-46-47-49-51-53-55-57-59-61-63-65-67-74(77)83-72(71-82-84(78,79)81-69-68-75(3,4)5)70-80-73(76)66-64-62-60-58-56-54-52-50-48-25-23-21-19-17-15-13-11-9-7-2/h8,10,14-17,20-23,26-27,29-30,32-33,35-36,38-39,41-42,48,50,72H,6-7,9,11-13,18-19,24-25,28,31,34,37,40,43-47,49,51-71H2,1-5H3/b10-8-,16-14-,17-15-,22-20-,23-21-,27-26-,30-29-,33-32-,36-35-,39-38-,42-41-,50-48-. The zero-order valence-corrected chi connectivity index (χ0v) is 55.2. The molecule has 2 unspecified atom stereocenters. The van der Waals surface area contributed by atoms with Gasteiger partial charge in [0.15, 0.2) is 6.10 Å². The van der Waals surface area contributed by atoms with Crippen molar-refractivity contribution in [1.82, 2.24) is 0 Å². The second kappa shape index (κ2) is 63.4. The summed E-state index contributed by atoms with van der Waals surface area (Å²) in [7, 11) is 1.14. The number of allylic oxidation sites excluding steroid dienone is 24. The van der Waals surface area contributed by atoms with Crippen LogP contribution < -0.4 is 4.89 Å². The summed E-state index contributed by atoms with van der Waals surface area (Å²) in [4.78, 5) is 38.0. The summed E-state index contributed by atoms with van der Waals surface area (Å²) in [6, 6.07) is 0. The maximum Gasteiger partial charge on any atom is 0.306 e. The molecular formula is C74H124NO8P. The Kier molecular flexibility index (Phi) is 60.3. The van der Waals surface area contributed by atoms with E-state index in [1.165, 1.54) is 89.9 Å². The Hall–Kier alpha value is -4.11. The highest BCUT2D eigenvalue weighted by Crippen LogP contribution is 2.38. The number of ether oxygens (including phenoxy) is 2. The van der Waals surface area contributed by atoms with Crippen LogP contribution >= 0.6 is 7.82 Å². The lowest BCUT2D eigenvalue weighted by Crippen LogP contribution is -2.37. The largest absolute Gasteiger partial charge is 0.756 e. The summed E-state index contributed by atoms with van der Waals surface area (Å²) in [5.41, 5.74) is 0. The first-order valence-electron chi connectivity index (χ1n) is 33.5. The highest BCUT2D eigenvalue weighted by Gasteiger charge is 2.22. The molecule has 0 rings (SSSR count). The Balaban J connectivity index is 4.07. The fraction of sp³-hybridized carbons (Fsp3) is 0.649. The third kappa shape index (κ3) is 67.0. The Morgan fingerprint density at radius 1 is 0.381 bits per heavy atom. The average molecular weight is 1190 g/mol. The van der Waals surface area contributed by atoms with Crippen LogP contribution in [-0.2, 0) is 32.7 Å². The summed E-state index contributed by atoms with van der Waals surface area (Å²) in [6.45, 7) is 4.08. The molecule has 84 heavy (non-hydrogen) atoms. The molecule has 9 nitrogen and oxygen atoms in total. The molecular weight excluding hydrogens is 1060 g/mol. The van der Waals surface area contributed by atoms with Crippen LogP contribution in [0.15, 0.2) is 146 Å². The minimum Gasteiger partial charge on any atom is -0.756 e. The fourth-order valence-corrected chi connectivity index (χ4v) is 9.44. The lowest BCUT2D eigenvalue weighted by Gasteiger charge is -2.28. The van der Waals surface area contributed by atoms with Gasteiger partial charge in [0.25, 0.3) is 7.82 Å². The van der Waals surface area contributed by atoms with Crippen molar-refractivity contribution in [3.8, 4) is 0 Å². The monoisotopic (exact) mass is 1190 g/mol. The molecule has 0 fully saturated rings. The molecule has 0 aromatic carbocycles. The van der Waals surface area contributed by atoms with Crippen molar-refractivity contribution in [3.05, 3.63) is 146 Å². The minimum absolute atomic E-state index is 0.0394. The third-order valence-electron chi connectivity index (χ3n) is 13.8. The molecule has 478 valence electrons. The van der Waals surface area contributed by atoms with E-state index in [9.17, 15) is 19.0 Å². The van der Waals surface area contributed by atoms with E-state index in [1.54, 1.807) is 0 Å². The summed E-state index contributed by atoms with van der Waals surface area (Å²) in [5.74, 6) is -0.854. The van der Waals surface area contributed by atoms with Gasteiger partial charge in [-0.1, -0.05) is 269 Å². The van der Waals surface area contributed by atoms with Crippen LogP contribution in [0.2, 0.25) is 0 Å². The third-order valence-corrected chi connectivity index (χ3v) is 14.8. The molecule has 0 aromatic heterocycles. The van der Waals surface area contributed by atoms with Gasteiger partial charge in [-0.2, -0.15) is 0 Å². The Morgan fingerprint density at radius 2 is 0.679 bits per heavy atom. The van der Waals surface area contributed by atoms with Gasteiger partial charge in [0.1, 0.15) is 19.8 Å². The molecule has 0 heterocycles. The van der Waals surface area contributed by atoms with Crippen molar-refractivity contribution in [2.75, 3.05) is 47.5 Å². The summed E-state index contributed by atoms with van der Waals surface area (Å²) in [5, 5.41) is 0. The van der Waals surface area contributed by atoms with E-state index >= 15 is 0 Å². The second-order valence-electron chi connectivity index (χ2n) is 23.1. The van der Waals surface area contributed by atoms with Gasteiger partial charge in [0, 0.05) is 12.8 Å². The number of quaternary nitrogens is 1. The molecule has 0 spiro atoms. The molecule has 0 amide bonds. The van der Waals surface area contributed by atoms with Gasteiger partial charge in [-0.05, 0) is 122 Å². The van der Waals surface area contributed by atoms with Gasteiger partial charge in [0.2, 0.25) is 0 Å². The van der Waals surface area contributed by atoms with Crippen LogP contribution in [0.5, 0.6) is 0 Å². The van der Waals surface area contributed by atoms with Gasteiger partial charge < -0.3 is 27.9 Å². The number of rotatable bonds is 60. The number of likely N-dealkylation sites (N-methyl/N-ethyl adjacent to an activating group) is 1. The average Bonchev–Trinajstić information content (AvgIpc) is 3.61. The summed E-state index contributed by atoms with van der Waals surface area (Å²) >= 11 is 0. The van der Waals surface area contributed by atoms with E-state index in [0.717, 1.165) is 128 Å². The number of unbranched alkanes of at least 4 members (excludes halogenated alkanes) is 22. The van der Waals surface area contributed by atoms with Crippen LogP contribution in [0.25, 0.3) is 0 Å². The van der Waals surface area contributed by atoms with E-state index in [4.69, 9.17) is 18.5 Å². The molecule has 0 radical (unpaired) electrons. The molecule has 0 aliphatic carbocycles. The van der Waals surface area contributed by atoms with Gasteiger partial charge in [-0.25, -0.2) is 0 Å². The molecule has 2 atom stereocenters. The van der Waals surface area contributed by atoms with Crippen molar-refractivity contribution in [3.63, 3.8) is 0 Å². The molecule has 0 saturated carbocycles. The normalized spacial score (nSPS) is 14.1. The predicted molar refractivity (Wildman–Crippen MR) is 360 cm³/mol. The Morgan fingerprint density at radius 3 is 1.01 bits per heavy atom. The number of esters is 2. The number of carbonyl (C=O) groups is 2. The van der Waals surface area contributed by atoms with Crippen LogP contribution in [-0.4, -0.2) is 70.0 Å². The fourth-order valence-electron chi connectivity index (χ4n) is 8.71. The van der Waals surface area contributed by atoms with Crippen molar-refractivity contribution >= 4 is 19.8 Å². The highest BCUT2D eigenvalue weighted by atomic mass is 31.2. The van der Waals surface area contributed by atoms with Gasteiger partial charge in [-0.15, -0.1) is 0 Å². The first kappa shape index (κ1) is 79.9. The van der Waals surface area contributed by atoms with Gasteiger partial charge >= 0.3 is 11.9 Å². The number of phosphoric ester groups is 1. The summed E-state index contributed by atoms with van der Waals surface area (Å²) in [6.07, 6.45) is 93.4. The van der Waals surface area contributed by atoms with Crippen LogP contribution in [0, 0.1) is 0 Å². The number of hydrogen-bond acceptors (Lipinski definition) is 8. The van der Waals surface area contributed by atoms with E-state index in [2.05, 4.69) is 160 Å². The zero-order valence-electron chi connectivity index (χ0n) is 54.3. The van der Waals surface area contributed by atoms with Gasteiger partial charge in [0.05, 0.1) is 27.7 Å². The number of hydrogen-bond donors (Lipinski definition) is 0. The SMILES string of the molecule is CC/C=C\C/C=C\C/C=C\C/C=C\C/C=C\C/C=C\C/C=C\C/C=C\C/C=C\CCCCCCCCCCCCCCCC(=O)OC(COC(=O)CCCCCCCC/C=C\C/C=C\C/C=C\CCCCC)COP(=O)([O-])OCC[N+](C)(C)C. The number of nitrogens with zero attached hydrogens (tertiary/aromatic N) is 1. The quantitative estimate of drug-likeness (QED) is 0.0195. The first-order valence-corrected chi connectivity index (χ1v) is 35.0. The lowest BCUT2D eigenvalue weighted by molar-refractivity contribution is -0.870. The molecule has 0 saturated heterocycles. The Labute approximate surface area is 516 Å². The van der Waals surface area contributed by atoms with E-state index in [0.29, 0.717) is 23.9 Å². The second-order valence-corrected chi connectivity index (χ2v) is 24.5. The molecule has 0 aliphatic heterocycles. The number of carbonyl (C=O) groups excluding carboxylic acids is 2. The maximum atomic E-state index is 12.8. The Bertz CT molecular complexity index is 1930. The van der Waals surface area contributed by atoms with Crippen LogP contribution in [0.1, 0.15) is 258 Å². The highest BCUT2D eigenvalue weighted by molar-refractivity contribution is 7.45. The molecule has 0 aromatic rings. The maximum absolute atomic E-state index is 12.8. The van der Waals surface area contributed by atoms with E-state index in [1.807, 2.05) is 21.1 Å². The topological polar surface area (TPSA) is 111 Å². The smallest absolute Gasteiger partial charge is 0.306 e.